The van der Waals surface area contributed by atoms with Gasteiger partial charge in [0, 0.05) is 4.47 Å². The van der Waals surface area contributed by atoms with Gasteiger partial charge in [-0.25, -0.2) is 8.42 Å². The van der Waals surface area contributed by atoms with Gasteiger partial charge in [-0.15, -0.1) is 0 Å². The van der Waals surface area contributed by atoms with Crippen molar-refractivity contribution in [2.24, 2.45) is 0 Å². The van der Waals surface area contributed by atoms with Crippen molar-refractivity contribution in [3.05, 3.63) is 58.6 Å². The lowest BCUT2D eigenvalue weighted by atomic mass is 9.84. The number of para-hydroxylation sites is 1. The van der Waals surface area contributed by atoms with Crippen LogP contribution >= 0.6 is 15.9 Å². The fourth-order valence-corrected chi connectivity index (χ4v) is 4.70. The average molecular weight is 394 g/mol. The molecule has 2 aromatic rings. The molecule has 0 unspecified atom stereocenters. The van der Waals surface area contributed by atoms with Crippen molar-refractivity contribution < 1.29 is 8.42 Å². The molecule has 122 valence electrons. The Morgan fingerprint density at radius 2 is 1.57 bits per heavy atom. The lowest BCUT2D eigenvalue weighted by molar-refractivity contribution is 0.443. The molecule has 1 N–H and O–H groups in total. The molecule has 3 nitrogen and oxygen atoms in total. The van der Waals surface area contributed by atoms with Gasteiger partial charge < -0.3 is 0 Å². The van der Waals surface area contributed by atoms with E-state index in [2.05, 4.69) is 20.7 Å². The first-order chi connectivity index (χ1) is 11.1. The van der Waals surface area contributed by atoms with E-state index in [-0.39, 0.29) is 0 Å². The van der Waals surface area contributed by atoms with Crippen LogP contribution in [0.3, 0.4) is 0 Å². The Balaban J connectivity index is 1.79. The van der Waals surface area contributed by atoms with Crippen molar-refractivity contribution in [1.29, 1.82) is 0 Å². The average Bonchev–Trinajstić information content (AvgIpc) is 2.58. The Morgan fingerprint density at radius 1 is 0.913 bits per heavy atom. The molecule has 1 fully saturated rings. The fourth-order valence-electron chi connectivity index (χ4n) is 3.10. The van der Waals surface area contributed by atoms with Crippen LogP contribution in [0.4, 0.5) is 5.69 Å². The summed E-state index contributed by atoms with van der Waals surface area (Å²) in [5.41, 5.74) is 1.80. The number of anilines is 1. The molecule has 0 atom stereocenters. The molecule has 5 heteroatoms. The maximum Gasteiger partial charge on any atom is 0.261 e. The van der Waals surface area contributed by atoms with Gasteiger partial charge in [0.05, 0.1) is 10.6 Å². The van der Waals surface area contributed by atoms with Crippen LogP contribution in [0.1, 0.15) is 43.6 Å². The van der Waals surface area contributed by atoms with E-state index in [0.717, 1.165) is 4.47 Å². The van der Waals surface area contributed by atoms with Gasteiger partial charge in [-0.05, 0) is 64.5 Å². The molecule has 1 saturated carbocycles. The van der Waals surface area contributed by atoms with Gasteiger partial charge >= 0.3 is 0 Å². The molecule has 0 amide bonds. The minimum Gasteiger partial charge on any atom is -0.278 e. The summed E-state index contributed by atoms with van der Waals surface area (Å²) in [5, 5.41) is 0. The number of rotatable bonds is 4. The zero-order valence-electron chi connectivity index (χ0n) is 12.8. The van der Waals surface area contributed by atoms with E-state index in [1.54, 1.807) is 24.3 Å². The Bertz CT molecular complexity index is 766. The highest BCUT2D eigenvalue weighted by Crippen LogP contribution is 2.33. The molecule has 1 aliphatic rings. The van der Waals surface area contributed by atoms with Crippen LogP contribution in [-0.2, 0) is 10.0 Å². The number of halogens is 1. The molecule has 0 spiro atoms. The maximum absolute atomic E-state index is 12.5. The lowest BCUT2D eigenvalue weighted by Crippen LogP contribution is -2.13. The smallest absolute Gasteiger partial charge is 0.261 e. The molecule has 0 bridgehead atoms. The molecule has 2 aromatic carbocycles. The van der Waals surface area contributed by atoms with Crippen LogP contribution in [0, 0.1) is 0 Å². The highest BCUT2D eigenvalue weighted by Gasteiger charge is 2.18. The number of sulfonamides is 1. The van der Waals surface area contributed by atoms with E-state index >= 15 is 0 Å². The second-order valence-electron chi connectivity index (χ2n) is 5.99. The van der Waals surface area contributed by atoms with Crippen molar-refractivity contribution in [3.63, 3.8) is 0 Å². The monoisotopic (exact) mass is 393 g/mol. The fraction of sp³-hybridized carbons (Fsp3) is 0.333. The summed E-state index contributed by atoms with van der Waals surface area (Å²) in [7, 11) is -3.56. The largest absolute Gasteiger partial charge is 0.278 e. The van der Waals surface area contributed by atoms with E-state index in [0.29, 0.717) is 16.5 Å². The standard InChI is InChI=1S/C18H20BrNO2S/c19-17-8-4-5-9-18(17)20-23(21,22)16-12-10-15(11-13-16)14-6-2-1-3-7-14/h4-5,8-14,20H,1-3,6-7H2. The minimum atomic E-state index is -3.56. The lowest BCUT2D eigenvalue weighted by Gasteiger charge is -2.22. The number of nitrogens with one attached hydrogen (secondary N) is 1. The topological polar surface area (TPSA) is 46.2 Å². The van der Waals surface area contributed by atoms with E-state index < -0.39 is 10.0 Å². The minimum absolute atomic E-state index is 0.299. The predicted molar refractivity (Wildman–Crippen MR) is 97.2 cm³/mol. The van der Waals surface area contributed by atoms with Crippen LogP contribution in [-0.4, -0.2) is 8.42 Å². The molecule has 0 saturated heterocycles. The SMILES string of the molecule is O=S(=O)(Nc1ccccc1Br)c1ccc(C2CCCCC2)cc1. The quantitative estimate of drug-likeness (QED) is 0.765. The third-order valence-corrected chi connectivity index (χ3v) is 6.46. The van der Waals surface area contributed by atoms with E-state index in [1.807, 2.05) is 24.3 Å². The summed E-state index contributed by atoms with van der Waals surface area (Å²) in [6.45, 7) is 0. The van der Waals surface area contributed by atoms with Crippen molar-refractivity contribution in [2.75, 3.05) is 4.72 Å². The molecule has 0 aromatic heterocycles. The predicted octanol–water partition coefficient (Wildman–Crippen LogP) is 5.30. The summed E-state index contributed by atoms with van der Waals surface area (Å²) in [6.07, 6.45) is 6.28. The first-order valence-corrected chi connectivity index (χ1v) is 10.2. The van der Waals surface area contributed by atoms with E-state index in [4.69, 9.17) is 0 Å². The molecular weight excluding hydrogens is 374 g/mol. The second-order valence-corrected chi connectivity index (χ2v) is 8.53. The van der Waals surface area contributed by atoms with Crippen LogP contribution < -0.4 is 4.72 Å². The maximum atomic E-state index is 12.5. The molecule has 0 radical (unpaired) electrons. The van der Waals surface area contributed by atoms with Crippen molar-refractivity contribution in [2.45, 2.75) is 42.9 Å². The molecule has 3 rings (SSSR count). The Hall–Kier alpha value is -1.33. The summed E-state index contributed by atoms with van der Waals surface area (Å²) in [5.74, 6) is 0.580. The van der Waals surface area contributed by atoms with Crippen molar-refractivity contribution in [1.82, 2.24) is 0 Å². The molecule has 1 aliphatic carbocycles. The highest BCUT2D eigenvalue weighted by molar-refractivity contribution is 9.10. The van der Waals surface area contributed by atoms with E-state index in [1.165, 1.54) is 37.7 Å². The summed E-state index contributed by atoms with van der Waals surface area (Å²) in [4.78, 5) is 0.299. The van der Waals surface area contributed by atoms with Gasteiger partial charge in [-0.1, -0.05) is 43.5 Å². The van der Waals surface area contributed by atoms with Crippen molar-refractivity contribution >= 4 is 31.6 Å². The number of benzene rings is 2. The zero-order chi connectivity index (χ0) is 16.3. The Kier molecular flexibility index (Phi) is 5.07. The molecule has 23 heavy (non-hydrogen) atoms. The zero-order valence-corrected chi connectivity index (χ0v) is 15.2. The van der Waals surface area contributed by atoms with Gasteiger partial charge in [-0.3, -0.25) is 4.72 Å². The Morgan fingerprint density at radius 3 is 2.22 bits per heavy atom. The first kappa shape index (κ1) is 16.5. The Labute approximate surface area is 146 Å². The van der Waals surface area contributed by atoms with Gasteiger partial charge in [0.25, 0.3) is 10.0 Å². The van der Waals surface area contributed by atoms with Crippen LogP contribution in [0.2, 0.25) is 0 Å². The van der Waals surface area contributed by atoms with Gasteiger partial charge in [0.2, 0.25) is 0 Å². The molecular formula is C18H20BrNO2S. The number of hydrogen-bond acceptors (Lipinski definition) is 2. The van der Waals surface area contributed by atoms with Crippen LogP contribution in [0.25, 0.3) is 0 Å². The molecule has 0 aliphatic heterocycles. The first-order valence-electron chi connectivity index (χ1n) is 7.93. The van der Waals surface area contributed by atoms with Gasteiger partial charge in [0.1, 0.15) is 0 Å². The number of hydrogen-bond donors (Lipinski definition) is 1. The van der Waals surface area contributed by atoms with Crippen LogP contribution in [0.15, 0.2) is 57.9 Å². The second kappa shape index (κ2) is 7.05. The highest BCUT2D eigenvalue weighted by atomic mass is 79.9. The van der Waals surface area contributed by atoms with Crippen molar-refractivity contribution in [3.8, 4) is 0 Å². The third-order valence-electron chi connectivity index (χ3n) is 4.39. The summed E-state index contributed by atoms with van der Waals surface area (Å²) < 4.78 is 28.4. The third kappa shape index (κ3) is 3.96. The van der Waals surface area contributed by atoms with E-state index in [9.17, 15) is 8.42 Å². The van der Waals surface area contributed by atoms with Gasteiger partial charge in [0.15, 0.2) is 0 Å². The van der Waals surface area contributed by atoms with Crippen LogP contribution in [0.5, 0.6) is 0 Å². The summed E-state index contributed by atoms with van der Waals surface area (Å²) in [6, 6.07) is 14.5. The normalized spacial score (nSPS) is 16.2. The van der Waals surface area contributed by atoms with Gasteiger partial charge in [-0.2, -0.15) is 0 Å². The molecule has 0 heterocycles. The summed E-state index contributed by atoms with van der Waals surface area (Å²) >= 11 is 3.36.